The van der Waals surface area contributed by atoms with Gasteiger partial charge in [-0.1, -0.05) is 13.8 Å². The molecule has 1 aliphatic heterocycles. The molecule has 29 heavy (non-hydrogen) atoms. The molecule has 3 heterocycles. The summed E-state index contributed by atoms with van der Waals surface area (Å²) >= 11 is 0. The van der Waals surface area contributed by atoms with Crippen molar-refractivity contribution in [3.63, 3.8) is 0 Å². The van der Waals surface area contributed by atoms with Crippen molar-refractivity contribution in [2.75, 3.05) is 44.7 Å². The zero-order valence-electron chi connectivity index (χ0n) is 17.2. The Balaban J connectivity index is 1.54. The number of ether oxygens (including phenoxy) is 1. The van der Waals surface area contributed by atoms with E-state index in [1.54, 1.807) is 7.11 Å². The lowest BCUT2D eigenvalue weighted by atomic mass is 10.1. The number of rotatable bonds is 6. The van der Waals surface area contributed by atoms with Crippen molar-refractivity contribution in [3.8, 4) is 28.7 Å². The topological polar surface area (TPSA) is 67.5 Å². The van der Waals surface area contributed by atoms with E-state index < -0.39 is 0 Å². The van der Waals surface area contributed by atoms with E-state index in [9.17, 15) is 0 Å². The third kappa shape index (κ3) is 4.40. The maximum Gasteiger partial charge on any atom is 0.251 e. The van der Waals surface area contributed by atoms with Crippen LogP contribution in [0.3, 0.4) is 0 Å². The summed E-state index contributed by atoms with van der Waals surface area (Å²) in [6.07, 6.45) is 1.82. The van der Waals surface area contributed by atoms with Gasteiger partial charge in [-0.3, -0.25) is 4.90 Å². The maximum absolute atomic E-state index is 5.99. The normalized spacial score (nSPS) is 15.1. The highest BCUT2D eigenvalue weighted by Gasteiger charge is 2.23. The molecule has 1 aromatic carbocycles. The van der Waals surface area contributed by atoms with Gasteiger partial charge in [0.1, 0.15) is 11.6 Å². The molecule has 7 heteroatoms. The Hall–Kier alpha value is -2.93. The van der Waals surface area contributed by atoms with E-state index in [1.807, 2.05) is 42.6 Å². The SMILES string of the molecule is COc1ccc(-c2nnc(-c3cccnc3N3CCN(CC(C)C)CC3)o2)cc1. The molecule has 7 nitrogen and oxygen atoms in total. The number of nitrogens with zero attached hydrogens (tertiary/aromatic N) is 5. The predicted octanol–water partition coefficient (Wildman–Crippen LogP) is 3.59. The van der Waals surface area contributed by atoms with E-state index in [4.69, 9.17) is 9.15 Å². The molecule has 0 N–H and O–H groups in total. The van der Waals surface area contributed by atoms with Gasteiger partial charge < -0.3 is 14.1 Å². The van der Waals surface area contributed by atoms with Crippen LogP contribution in [-0.4, -0.2) is 59.9 Å². The molecule has 3 aromatic rings. The monoisotopic (exact) mass is 393 g/mol. The maximum atomic E-state index is 5.99. The van der Waals surface area contributed by atoms with Crippen LogP contribution in [0.4, 0.5) is 5.82 Å². The Bertz CT molecular complexity index is 930. The molecule has 4 rings (SSSR count). The summed E-state index contributed by atoms with van der Waals surface area (Å²) in [4.78, 5) is 9.45. The fourth-order valence-electron chi connectivity index (χ4n) is 3.66. The lowest BCUT2D eigenvalue weighted by molar-refractivity contribution is 0.231. The number of hydrogen-bond acceptors (Lipinski definition) is 7. The first-order chi connectivity index (χ1) is 14.1. The summed E-state index contributed by atoms with van der Waals surface area (Å²) in [5.74, 6) is 3.35. The third-order valence-electron chi connectivity index (χ3n) is 5.07. The van der Waals surface area contributed by atoms with Gasteiger partial charge in [-0.15, -0.1) is 10.2 Å². The quantitative estimate of drug-likeness (QED) is 0.634. The van der Waals surface area contributed by atoms with Crippen molar-refractivity contribution in [1.29, 1.82) is 0 Å². The fourth-order valence-corrected chi connectivity index (χ4v) is 3.66. The summed E-state index contributed by atoms with van der Waals surface area (Å²) in [6.45, 7) is 9.62. The zero-order chi connectivity index (χ0) is 20.2. The van der Waals surface area contributed by atoms with Crippen LogP contribution in [0.25, 0.3) is 22.9 Å². The highest BCUT2D eigenvalue weighted by atomic mass is 16.5. The van der Waals surface area contributed by atoms with Gasteiger partial charge in [-0.2, -0.15) is 0 Å². The average molecular weight is 393 g/mol. The van der Waals surface area contributed by atoms with Gasteiger partial charge >= 0.3 is 0 Å². The molecule has 0 radical (unpaired) electrons. The number of methoxy groups -OCH3 is 1. The van der Waals surface area contributed by atoms with Gasteiger partial charge in [-0.05, 0) is 42.3 Å². The Morgan fingerprint density at radius 1 is 1.00 bits per heavy atom. The largest absolute Gasteiger partial charge is 0.497 e. The second-order valence-electron chi connectivity index (χ2n) is 7.70. The highest BCUT2D eigenvalue weighted by molar-refractivity contribution is 5.70. The van der Waals surface area contributed by atoms with Crippen molar-refractivity contribution in [2.24, 2.45) is 5.92 Å². The van der Waals surface area contributed by atoms with Gasteiger partial charge in [0.2, 0.25) is 5.89 Å². The first kappa shape index (κ1) is 19.4. The van der Waals surface area contributed by atoms with Crippen LogP contribution in [0.1, 0.15) is 13.8 Å². The van der Waals surface area contributed by atoms with E-state index in [-0.39, 0.29) is 0 Å². The van der Waals surface area contributed by atoms with Crippen LogP contribution in [0, 0.1) is 5.92 Å². The summed E-state index contributed by atoms with van der Waals surface area (Å²) in [5, 5.41) is 8.53. The highest BCUT2D eigenvalue weighted by Crippen LogP contribution is 2.31. The van der Waals surface area contributed by atoms with E-state index in [1.165, 1.54) is 0 Å². The number of hydrogen-bond donors (Lipinski definition) is 0. The minimum absolute atomic E-state index is 0.485. The van der Waals surface area contributed by atoms with Gasteiger partial charge in [-0.25, -0.2) is 4.98 Å². The van der Waals surface area contributed by atoms with Crippen LogP contribution in [-0.2, 0) is 0 Å². The lowest BCUT2D eigenvalue weighted by Gasteiger charge is -2.36. The van der Waals surface area contributed by atoms with Crippen LogP contribution >= 0.6 is 0 Å². The lowest BCUT2D eigenvalue weighted by Crippen LogP contribution is -2.47. The summed E-state index contributed by atoms with van der Waals surface area (Å²) in [6, 6.07) is 11.5. The second kappa shape index (κ2) is 8.61. The molecular formula is C22H27N5O2. The molecule has 0 aliphatic carbocycles. The Kier molecular flexibility index (Phi) is 5.76. The number of anilines is 1. The average Bonchev–Trinajstić information content (AvgIpc) is 3.24. The molecule has 0 amide bonds. The van der Waals surface area contributed by atoms with E-state index >= 15 is 0 Å². The van der Waals surface area contributed by atoms with Crippen LogP contribution in [0.5, 0.6) is 5.75 Å². The Morgan fingerprint density at radius 3 is 2.41 bits per heavy atom. The molecule has 1 fully saturated rings. The minimum Gasteiger partial charge on any atom is -0.497 e. The number of aromatic nitrogens is 3. The molecule has 0 unspecified atom stereocenters. The summed E-state index contributed by atoms with van der Waals surface area (Å²) in [7, 11) is 1.65. The smallest absolute Gasteiger partial charge is 0.251 e. The third-order valence-corrected chi connectivity index (χ3v) is 5.07. The zero-order valence-corrected chi connectivity index (χ0v) is 17.2. The molecule has 1 saturated heterocycles. The summed E-state index contributed by atoms with van der Waals surface area (Å²) < 4.78 is 11.2. The van der Waals surface area contributed by atoms with Crippen molar-refractivity contribution in [3.05, 3.63) is 42.6 Å². The Labute approximate surface area is 171 Å². The summed E-state index contributed by atoms with van der Waals surface area (Å²) in [5.41, 5.74) is 1.73. The Morgan fingerprint density at radius 2 is 1.72 bits per heavy atom. The molecule has 0 bridgehead atoms. The van der Waals surface area contributed by atoms with Crippen molar-refractivity contribution < 1.29 is 9.15 Å². The van der Waals surface area contributed by atoms with Crippen molar-refractivity contribution in [2.45, 2.75) is 13.8 Å². The number of pyridine rings is 1. The van der Waals surface area contributed by atoms with Crippen LogP contribution in [0.15, 0.2) is 47.0 Å². The molecule has 0 saturated carbocycles. The number of benzene rings is 1. The predicted molar refractivity (Wildman–Crippen MR) is 113 cm³/mol. The van der Waals surface area contributed by atoms with Crippen molar-refractivity contribution >= 4 is 5.82 Å². The van der Waals surface area contributed by atoms with E-state index in [0.717, 1.165) is 55.4 Å². The van der Waals surface area contributed by atoms with Gasteiger partial charge in [0, 0.05) is 44.5 Å². The fraction of sp³-hybridized carbons (Fsp3) is 0.409. The molecular weight excluding hydrogens is 366 g/mol. The molecule has 2 aromatic heterocycles. The molecule has 1 aliphatic rings. The van der Waals surface area contributed by atoms with Gasteiger partial charge in [0.25, 0.3) is 5.89 Å². The van der Waals surface area contributed by atoms with Crippen LogP contribution < -0.4 is 9.64 Å². The molecule has 152 valence electrons. The van der Waals surface area contributed by atoms with Gasteiger partial charge in [0.15, 0.2) is 0 Å². The van der Waals surface area contributed by atoms with E-state index in [2.05, 4.69) is 38.8 Å². The van der Waals surface area contributed by atoms with Gasteiger partial charge in [0.05, 0.1) is 12.7 Å². The number of piperazine rings is 1. The second-order valence-corrected chi connectivity index (χ2v) is 7.70. The minimum atomic E-state index is 0.485. The molecule has 0 atom stereocenters. The first-order valence-corrected chi connectivity index (χ1v) is 10.0. The molecule has 0 spiro atoms. The first-order valence-electron chi connectivity index (χ1n) is 10.0. The van der Waals surface area contributed by atoms with E-state index in [0.29, 0.717) is 17.7 Å². The van der Waals surface area contributed by atoms with Crippen molar-refractivity contribution in [1.82, 2.24) is 20.1 Å². The van der Waals surface area contributed by atoms with Crippen LogP contribution in [0.2, 0.25) is 0 Å². The standard InChI is InChI=1S/C22H27N5O2/c1-16(2)15-26-11-13-27(14-12-26)20-19(5-4-10-23-20)22-25-24-21(29-22)17-6-8-18(28-3)9-7-17/h4-10,16H,11-15H2,1-3H3.